The van der Waals surface area contributed by atoms with Crippen molar-refractivity contribution in [2.75, 3.05) is 59.4 Å². The third-order valence-electron chi connectivity index (χ3n) is 7.14. The molecule has 13 heteroatoms. The molecule has 0 aromatic carbocycles. The molecule has 1 fully saturated rings. The Bertz CT molecular complexity index is 818. The van der Waals surface area contributed by atoms with Crippen LogP contribution in [0.15, 0.2) is 0 Å². The van der Waals surface area contributed by atoms with Crippen molar-refractivity contribution in [3.8, 4) is 12.3 Å². The maximum Gasteiger partial charge on any atom is 0.326 e. The van der Waals surface area contributed by atoms with Crippen LogP contribution in [0.1, 0.15) is 65.2 Å². The van der Waals surface area contributed by atoms with E-state index < -0.39 is 47.7 Å². The van der Waals surface area contributed by atoms with E-state index in [0.29, 0.717) is 78.5 Å². The summed E-state index contributed by atoms with van der Waals surface area (Å²) in [4.78, 5) is 49.8. The Morgan fingerprint density at radius 3 is 1.56 bits per heavy atom. The zero-order valence-corrected chi connectivity index (χ0v) is 25.6. The molecule has 0 saturated heterocycles. The third kappa shape index (κ3) is 16.6. The Kier molecular flexibility index (Phi) is 21.1. The van der Waals surface area contributed by atoms with E-state index in [1.165, 1.54) is 0 Å². The summed E-state index contributed by atoms with van der Waals surface area (Å²) in [5.74, 6) is -2.47. The average Bonchev–Trinajstić information content (AvgIpc) is 3.41. The van der Waals surface area contributed by atoms with Gasteiger partial charge in [-0.25, -0.2) is 9.59 Å². The maximum atomic E-state index is 13.2. The van der Waals surface area contributed by atoms with Gasteiger partial charge in [-0.05, 0) is 25.7 Å². The summed E-state index contributed by atoms with van der Waals surface area (Å²) in [7, 11) is 0. The van der Waals surface area contributed by atoms with Gasteiger partial charge in [0.15, 0.2) is 0 Å². The SMILES string of the molecule is C#CCOCCOCCOCCOCCNC1C[C@@H](C(=O)N[C@@H](CCCC)C(=O)O)[C@H](C(=O)N[C@@H](CCCC)C(=O)O)C1. The van der Waals surface area contributed by atoms with Crippen LogP contribution in [0.4, 0.5) is 0 Å². The molecule has 0 spiro atoms. The Hall–Kier alpha value is -2.76. The Labute approximate surface area is 255 Å². The molecular formula is C30H51N3O10. The first kappa shape index (κ1) is 38.3. The van der Waals surface area contributed by atoms with Crippen LogP contribution < -0.4 is 16.0 Å². The lowest BCUT2D eigenvalue weighted by Gasteiger charge is -2.23. The number of amides is 2. The molecule has 2 amide bonds. The normalized spacial score (nSPS) is 18.1. The fraction of sp³-hybridized carbons (Fsp3) is 0.800. The summed E-state index contributed by atoms with van der Waals surface area (Å²) in [6.07, 6.45) is 9.12. The van der Waals surface area contributed by atoms with E-state index in [4.69, 9.17) is 25.4 Å². The first-order valence-corrected chi connectivity index (χ1v) is 15.3. The van der Waals surface area contributed by atoms with E-state index in [0.717, 1.165) is 12.8 Å². The number of rotatable bonds is 26. The largest absolute Gasteiger partial charge is 0.480 e. The monoisotopic (exact) mass is 613 g/mol. The molecule has 0 unspecified atom stereocenters. The summed E-state index contributed by atoms with van der Waals surface area (Å²) in [5, 5.41) is 27.7. The van der Waals surface area contributed by atoms with Crippen molar-refractivity contribution in [1.29, 1.82) is 0 Å². The highest BCUT2D eigenvalue weighted by molar-refractivity contribution is 5.92. The van der Waals surface area contributed by atoms with Gasteiger partial charge in [-0.15, -0.1) is 6.42 Å². The summed E-state index contributed by atoms with van der Waals surface area (Å²) < 4.78 is 21.5. The number of ether oxygens (including phenoxy) is 4. The van der Waals surface area contributed by atoms with Crippen molar-refractivity contribution in [3.63, 3.8) is 0 Å². The minimum Gasteiger partial charge on any atom is -0.480 e. The highest BCUT2D eigenvalue weighted by Gasteiger charge is 2.44. The minimum atomic E-state index is -1.12. The molecule has 43 heavy (non-hydrogen) atoms. The molecule has 0 heterocycles. The van der Waals surface area contributed by atoms with Crippen LogP contribution >= 0.6 is 0 Å². The number of hydrogen-bond acceptors (Lipinski definition) is 9. The van der Waals surface area contributed by atoms with Crippen molar-refractivity contribution < 1.29 is 48.3 Å². The number of aliphatic carboxylic acids is 2. The zero-order valence-electron chi connectivity index (χ0n) is 25.6. The van der Waals surface area contributed by atoms with Gasteiger partial charge in [0.2, 0.25) is 11.8 Å². The lowest BCUT2D eigenvalue weighted by molar-refractivity contribution is -0.145. The molecule has 5 N–H and O–H groups in total. The number of hydrogen-bond donors (Lipinski definition) is 5. The molecule has 1 rings (SSSR count). The predicted molar refractivity (Wildman–Crippen MR) is 158 cm³/mol. The van der Waals surface area contributed by atoms with Crippen LogP contribution in [0.25, 0.3) is 0 Å². The van der Waals surface area contributed by atoms with Crippen LogP contribution in [0.3, 0.4) is 0 Å². The predicted octanol–water partition coefficient (Wildman–Crippen LogP) is 1.19. The van der Waals surface area contributed by atoms with E-state index >= 15 is 0 Å². The number of carboxylic acid groups (broad SMARTS) is 2. The fourth-order valence-electron chi connectivity index (χ4n) is 4.80. The Morgan fingerprint density at radius 2 is 1.16 bits per heavy atom. The van der Waals surface area contributed by atoms with E-state index in [9.17, 15) is 29.4 Å². The lowest BCUT2D eigenvalue weighted by atomic mass is 9.93. The number of nitrogens with one attached hydrogen (secondary N) is 3. The zero-order chi connectivity index (χ0) is 31.9. The molecule has 1 aliphatic rings. The van der Waals surface area contributed by atoms with Gasteiger partial charge in [0.05, 0.1) is 58.1 Å². The second-order valence-electron chi connectivity index (χ2n) is 10.5. The summed E-state index contributed by atoms with van der Waals surface area (Å²) in [6.45, 7) is 7.49. The van der Waals surface area contributed by atoms with Crippen molar-refractivity contribution >= 4 is 23.8 Å². The molecule has 0 bridgehead atoms. The molecule has 0 aromatic heterocycles. The molecule has 4 atom stereocenters. The number of carbonyl (C=O) groups excluding carboxylic acids is 2. The van der Waals surface area contributed by atoms with Gasteiger partial charge in [0.1, 0.15) is 18.7 Å². The van der Waals surface area contributed by atoms with Crippen molar-refractivity contribution in [2.24, 2.45) is 11.8 Å². The van der Waals surface area contributed by atoms with Crippen LogP contribution in [0, 0.1) is 24.2 Å². The van der Waals surface area contributed by atoms with Gasteiger partial charge in [-0.3, -0.25) is 9.59 Å². The molecule has 0 aromatic rings. The van der Waals surface area contributed by atoms with Gasteiger partial charge >= 0.3 is 11.9 Å². The summed E-state index contributed by atoms with van der Waals surface area (Å²) in [6, 6.07) is -2.30. The number of carboxylic acids is 2. The van der Waals surface area contributed by atoms with E-state index in [1.807, 2.05) is 13.8 Å². The Morgan fingerprint density at radius 1 is 0.744 bits per heavy atom. The quantitative estimate of drug-likeness (QED) is 0.0698. The van der Waals surface area contributed by atoms with E-state index in [1.54, 1.807) is 0 Å². The minimum absolute atomic E-state index is 0.203. The van der Waals surface area contributed by atoms with Gasteiger partial charge < -0.3 is 45.1 Å². The average molecular weight is 614 g/mol. The van der Waals surface area contributed by atoms with Crippen molar-refractivity contribution in [1.82, 2.24) is 16.0 Å². The van der Waals surface area contributed by atoms with Gasteiger partial charge in [-0.1, -0.05) is 45.5 Å². The maximum absolute atomic E-state index is 13.2. The number of unbranched alkanes of at least 4 members (excludes halogenated alkanes) is 2. The van der Waals surface area contributed by atoms with Gasteiger partial charge in [-0.2, -0.15) is 0 Å². The standard InChI is InChI=1S/C30H51N3O10/c1-4-7-9-25(29(36)37)32-27(34)23-20-22(21-24(23)28(35)33-26(30(38)39)10-8-5-2)31-11-13-41-15-17-43-19-18-42-16-14-40-12-6-3/h3,22-26,31H,4-5,7-21H2,1-2H3,(H,32,34)(H,33,35)(H,36,37)(H,38,39)/t23-,24-,25+,26+/m1/s1. The molecule has 0 radical (unpaired) electrons. The molecule has 1 aliphatic carbocycles. The summed E-state index contributed by atoms with van der Waals surface area (Å²) >= 11 is 0. The van der Waals surface area contributed by atoms with Crippen molar-refractivity contribution in [2.45, 2.75) is 83.3 Å². The number of carbonyl (C=O) groups is 4. The highest BCUT2D eigenvalue weighted by atomic mass is 16.6. The highest BCUT2D eigenvalue weighted by Crippen LogP contribution is 2.33. The topological polar surface area (TPSA) is 182 Å². The molecule has 13 nitrogen and oxygen atoms in total. The van der Waals surface area contributed by atoms with Gasteiger partial charge in [0, 0.05) is 12.6 Å². The second-order valence-corrected chi connectivity index (χ2v) is 10.5. The first-order chi connectivity index (χ1) is 20.7. The van der Waals surface area contributed by atoms with E-state index in [-0.39, 0.29) is 25.5 Å². The molecule has 246 valence electrons. The lowest BCUT2D eigenvalue weighted by Crippen LogP contribution is -2.48. The van der Waals surface area contributed by atoms with Crippen LogP contribution in [0.2, 0.25) is 0 Å². The molecular weight excluding hydrogens is 562 g/mol. The van der Waals surface area contributed by atoms with Gasteiger partial charge in [0.25, 0.3) is 0 Å². The first-order valence-electron chi connectivity index (χ1n) is 15.3. The summed E-state index contributed by atoms with van der Waals surface area (Å²) in [5.41, 5.74) is 0. The molecule has 1 saturated carbocycles. The molecule has 0 aliphatic heterocycles. The Balaban J connectivity index is 2.57. The second kappa shape index (κ2) is 23.7. The fourth-order valence-corrected chi connectivity index (χ4v) is 4.80. The van der Waals surface area contributed by atoms with Crippen LogP contribution in [-0.4, -0.2) is 111 Å². The number of terminal acetylenes is 1. The smallest absolute Gasteiger partial charge is 0.326 e. The van der Waals surface area contributed by atoms with Crippen LogP contribution in [0.5, 0.6) is 0 Å². The van der Waals surface area contributed by atoms with Crippen LogP contribution in [-0.2, 0) is 38.1 Å². The third-order valence-corrected chi connectivity index (χ3v) is 7.14. The van der Waals surface area contributed by atoms with Crippen molar-refractivity contribution in [3.05, 3.63) is 0 Å². The van der Waals surface area contributed by atoms with E-state index in [2.05, 4.69) is 21.9 Å².